The summed E-state index contributed by atoms with van der Waals surface area (Å²) in [5.41, 5.74) is 3.23. The van der Waals surface area contributed by atoms with Gasteiger partial charge in [-0.15, -0.1) is 0 Å². The summed E-state index contributed by atoms with van der Waals surface area (Å²) in [6.45, 7) is 1.92. The zero-order chi connectivity index (χ0) is 22.1. The smallest absolute Gasteiger partial charge is 0.314 e. The number of hydrogen-bond donors (Lipinski definition) is 1. The number of aromatic nitrogens is 5. The van der Waals surface area contributed by atoms with Crippen LogP contribution in [0.25, 0.3) is 33.1 Å². The molecule has 0 aliphatic heterocycles. The summed E-state index contributed by atoms with van der Waals surface area (Å²) in [7, 11) is 1.64. The predicted molar refractivity (Wildman–Crippen MR) is 120 cm³/mol. The molecule has 1 atom stereocenters. The molecule has 0 unspecified atom stereocenters. The minimum absolute atomic E-state index is 0.0687. The zero-order valence-electron chi connectivity index (χ0n) is 17.6. The molecule has 3 aromatic heterocycles. The standard InChI is InChI=1S/C24H21N5O3/c1-15(16-3-4-18-10-20(31-2)6-5-17(18)9-16)24(30)32-14-29-8-7-21-22(19-11-27-28-12-19)25-13-26-23(21)29/h3-13,15H,14H2,1-2H3,(H,27,28)/t15-/m0/s1. The number of esters is 1. The number of H-pyrrole nitrogens is 1. The van der Waals surface area contributed by atoms with Crippen molar-refractivity contribution < 1.29 is 14.3 Å². The average Bonchev–Trinajstić information content (AvgIpc) is 3.51. The predicted octanol–water partition coefficient (Wildman–Crippen LogP) is 4.29. The maximum absolute atomic E-state index is 12.8. The second-order valence-corrected chi connectivity index (χ2v) is 7.52. The highest BCUT2D eigenvalue weighted by Gasteiger charge is 2.18. The molecule has 0 fully saturated rings. The van der Waals surface area contributed by atoms with Gasteiger partial charge in [0.25, 0.3) is 0 Å². The lowest BCUT2D eigenvalue weighted by atomic mass is 9.98. The Hall–Kier alpha value is -4.20. The number of carbonyl (C=O) groups is 1. The topological polar surface area (TPSA) is 94.9 Å². The highest BCUT2D eigenvalue weighted by Crippen LogP contribution is 2.27. The van der Waals surface area contributed by atoms with Crippen molar-refractivity contribution in [1.29, 1.82) is 0 Å². The number of carbonyl (C=O) groups excluding carboxylic acids is 1. The zero-order valence-corrected chi connectivity index (χ0v) is 17.6. The molecule has 0 radical (unpaired) electrons. The number of rotatable bonds is 6. The molecular formula is C24H21N5O3. The number of nitrogens with zero attached hydrogens (tertiary/aromatic N) is 4. The maximum Gasteiger partial charge on any atom is 0.314 e. The highest BCUT2D eigenvalue weighted by atomic mass is 16.5. The van der Waals surface area contributed by atoms with Gasteiger partial charge in [0.1, 0.15) is 17.7 Å². The van der Waals surface area contributed by atoms with Crippen molar-refractivity contribution in [3.63, 3.8) is 0 Å². The van der Waals surface area contributed by atoms with E-state index in [0.717, 1.165) is 38.7 Å². The third-order valence-electron chi connectivity index (χ3n) is 5.60. The van der Waals surface area contributed by atoms with Gasteiger partial charge in [-0.2, -0.15) is 5.10 Å². The summed E-state index contributed by atoms with van der Waals surface area (Å²) >= 11 is 0. The van der Waals surface area contributed by atoms with Crippen molar-refractivity contribution in [2.45, 2.75) is 19.6 Å². The van der Waals surface area contributed by atoms with Crippen molar-refractivity contribution in [2.75, 3.05) is 7.11 Å². The molecule has 5 rings (SSSR count). The van der Waals surface area contributed by atoms with E-state index in [1.807, 2.05) is 55.6 Å². The van der Waals surface area contributed by atoms with Gasteiger partial charge in [-0.25, -0.2) is 9.97 Å². The first-order valence-corrected chi connectivity index (χ1v) is 10.2. The average molecular weight is 427 g/mol. The molecule has 0 saturated heterocycles. The molecule has 8 nitrogen and oxygen atoms in total. The molecular weight excluding hydrogens is 406 g/mol. The summed E-state index contributed by atoms with van der Waals surface area (Å²) in [6.07, 6.45) is 6.82. The molecule has 0 amide bonds. The van der Waals surface area contributed by atoms with E-state index in [2.05, 4.69) is 20.2 Å². The van der Waals surface area contributed by atoms with Gasteiger partial charge in [0.15, 0.2) is 6.73 Å². The molecule has 5 aromatic rings. The number of fused-ring (bicyclic) bond motifs is 2. The van der Waals surface area contributed by atoms with Gasteiger partial charge >= 0.3 is 5.97 Å². The lowest BCUT2D eigenvalue weighted by Gasteiger charge is -2.14. The molecule has 1 N–H and O–H groups in total. The summed E-state index contributed by atoms with van der Waals surface area (Å²) in [4.78, 5) is 21.5. The van der Waals surface area contributed by atoms with Crippen LogP contribution in [0.3, 0.4) is 0 Å². The van der Waals surface area contributed by atoms with Crippen molar-refractivity contribution in [3.05, 3.63) is 72.9 Å². The fraction of sp³-hybridized carbons (Fsp3) is 0.167. The number of aromatic amines is 1. The van der Waals surface area contributed by atoms with Gasteiger partial charge in [0.05, 0.1) is 24.9 Å². The van der Waals surface area contributed by atoms with Crippen LogP contribution in [-0.4, -0.2) is 37.8 Å². The Bertz CT molecular complexity index is 1410. The molecule has 0 aliphatic carbocycles. The molecule has 0 saturated carbocycles. The van der Waals surface area contributed by atoms with E-state index in [1.165, 1.54) is 6.33 Å². The number of hydrogen-bond acceptors (Lipinski definition) is 6. The molecule has 8 heteroatoms. The summed E-state index contributed by atoms with van der Waals surface area (Å²) < 4.78 is 12.7. The van der Waals surface area contributed by atoms with Gasteiger partial charge in [0, 0.05) is 23.3 Å². The van der Waals surface area contributed by atoms with E-state index in [4.69, 9.17) is 9.47 Å². The SMILES string of the molecule is COc1ccc2cc([C@H](C)C(=O)OCn3ccc4c(-c5cn[nH]c5)ncnc43)ccc2c1. The fourth-order valence-electron chi connectivity index (χ4n) is 3.75. The first-order valence-electron chi connectivity index (χ1n) is 10.2. The number of benzene rings is 2. The van der Waals surface area contributed by atoms with Gasteiger partial charge in [-0.1, -0.05) is 24.3 Å². The minimum atomic E-state index is -0.403. The van der Waals surface area contributed by atoms with E-state index in [-0.39, 0.29) is 12.7 Å². The molecule has 160 valence electrons. The van der Waals surface area contributed by atoms with Crippen LogP contribution in [-0.2, 0) is 16.3 Å². The minimum Gasteiger partial charge on any atom is -0.497 e. The quantitative estimate of drug-likeness (QED) is 0.406. The van der Waals surface area contributed by atoms with Crippen LogP contribution in [0.2, 0.25) is 0 Å². The van der Waals surface area contributed by atoms with Crippen LogP contribution in [0, 0.1) is 0 Å². The second-order valence-electron chi connectivity index (χ2n) is 7.52. The third kappa shape index (κ3) is 3.56. The first kappa shape index (κ1) is 19.7. The van der Waals surface area contributed by atoms with E-state index in [0.29, 0.717) is 5.65 Å². The van der Waals surface area contributed by atoms with Crippen LogP contribution in [0.15, 0.2) is 67.4 Å². The molecule has 0 aliphatic rings. The third-order valence-corrected chi connectivity index (χ3v) is 5.60. The Labute approximate surface area is 183 Å². The summed E-state index contributed by atoms with van der Waals surface area (Å²) in [5.74, 6) is 0.0969. The normalized spacial score (nSPS) is 12.2. The lowest BCUT2D eigenvalue weighted by Crippen LogP contribution is -2.15. The molecule has 0 spiro atoms. The Balaban J connectivity index is 1.33. The van der Waals surface area contributed by atoms with Crippen LogP contribution in [0.4, 0.5) is 0 Å². The van der Waals surface area contributed by atoms with Crippen LogP contribution >= 0.6 is 0 Å². The Morgan fingerprint density at radius 3 is 2.78 bits per heavy atom. The summed E-state index contributed by atoms with van der Waals surface area (Å²) in [5, 5.41) is 9.74. The van der Waals surface area contributed by atoms with Gasteiger partial charge in [0.2, 0.25) is 0 Å². The largest absolute Gasteiger partial charge is 0.497 e. The van der Waals surface area contributed by atoms with Crippen molar-refractivity contribution in [2.24, 2.45) is 0 Å². The van der Waals surface area contributed by atoms with Crippen LogP contribution < -0.4 is 4.74 Å². The Kier molecular flexibility index (Phi) is 5.03. The fourth-order valence-corrected chi connectivity index (χ4v) is 3.75. The monoisotopic (exact) mass is 427 g/mol. The summed E-state index contributed by atoms with van der Waals surface area (Å²) in [6, 6.07) is 13.7. The van der Waals surface area contributed by atoms with Gasteiger partial charge in [-0.05, 0) is 41.5 Å². The molecule has 2 aromatic carbocycles. The molecule has 32 heavy (non-hydrogen) atoms. The number of ether oxygens (including phenoxy) is 2. The van der Waals surface area contributed by atoms with Crippen LogP contribution in [0.5, 0.6) is 5.75 Å². The van der Waals surface area contributed by atoms with E-state index >= 15 is 0 Å². The molecule has 0 bridgehead atoms. The first-order chi connectivity index (χ1) is 15.6. The Morgan fingerprint density at radius 1 is 1.12 bits per heavy atom. The maximum atomic E-state index is 12.8. The van der Waals surface area contributed by atoms with Gasteiger partial charge in [-0.3, -0.25) is 14.5 Å². The number of methoxy groups -OCH3 is 1. The molecule has 3 heterocycles. The van der Waals surface area contributed by atoms with E-state index < -0.39 is 5.92 Å². The van der Waals surface area contributed by atoms with Gasteiger partial charge < -0.3 is 9.47 Å². The van der Waals surface area contributed by atoms with Crippen molar-refractivity contribution >= 4 is 27.8 Å². The van der Waals surface area contributed by atoms with Crippen molar-refractivity contribution in [1.82, 2.24) is 24.7 Å². The second kappa shape index (κ2) is 8.14. The van der Waals surface area contributed by atoms with E-state index in [1.54, 1.807) is 24.1 Å². The van der Waals surface area contributed by atoms with Crippen molar-refractivity contribution in [3.8, 4) is 17.0 Å². The highest BCUT2D eigenvalue weighted by molar-refractivity contribution is 5.90. The van der Waals surface area contributed by atoms with Crippen LogP contribution in [0.1, 0.15) is 18.4 Å². The number of nitrogens with one attached hydrogen (secondary N) is 1. The lowest BCUT2D eigenvalue weighted by molar-refractivity contribution is -0.148. The van der Waals surface area contributed by atoms with E-state index in [9.17, 15) is 4.79 Å². The Morgan fingerprint density at radius 2 is 1.97 bits per heavy atom.